The van der Waals surface area contributed by atoms with Gasteiger partial charge in [-0.05, 0) is 12.0 Å². The molecule has 0 unspecified atom stereocenters. The van der Waals surface area contributed by atoms with Gasteiger partial charge in [0.15, 0.2) is 10.9 Å². The molecule has 2 aromatic heterocycles. The number of esters is 1. The van der Waals surface area contributed by atoms with E-state index in [4.69, 9.17) is 0 Å². The smallest absolute Gasteiger partial charge is 0.311 e. The minimum atomic E-state index is -0.481. The summed E-state index contributed by atoms with van der Waals surface area (Å²) in [6.45, 7) is 2.07. The summed E-state index contributed by atoms with van der Waals surface area (Å²) in [6.07, 6.45) is 2.50. The van der Waals surface area contributed by atoms with E-state index in [-0.39, 0.29) is 23.5 Å². The van der Waals surface area contributed by atoms with Crippen molar-refractivity contribution in [2.75, 3.05) is 12.9 Å². The van der Waals surface area contributed by atoms with Gasteiger partial charge in [-0.15, -0.1) is 0 Å². The Morgan fingerprint density at radius 1 is 1.30 bits per heavy atom. The SMILES string of the molecule is CCc1cccc2c(C(=O)CSc3nc(CC(=O)OC)cc(=O)[nH]3)c[nH]c12. The summed E-state index contributed by atoms with van der Waals surface area (Å²) in [5, 5.41) is 1.18. The Labute approximate surface area is 159 Å². The number of methoxy groups -OCH3 is 1. The Kier molecular flexibility index (Phi) is 5.75. The second kappa shape index (κ2) is 8.22. The molecule has 0 atom stereocenters. The molecule has 3 aromatic rings. The van der Waals surface area contributed by atoms with Crippen LogP contribution in [0.2, 0.25) is 0 Å². The lowest BCUT2D eigenvalue weighted by Gasteiger charge is -2.04. The van der Waals surface area contributed by atoms with Crippen molar-refractivity contribution in [3.8, 4) is 0 Å². The first-order chi connectivity index (χ1) is 13.0. The van der Waals surface area contributed by atoms with Gasteiger partial charge in [-0.3, -0.25) is 14.4 Å². The first-order valence-electron chi connectivity index (χ1n) is 8.43. The average Bonchev–Trinajstić information content (AvgIpc) is 3.09. The Balaban J connectivity index is 1.76. The molecule has 2 heterocycles. The Morgan fingerprint density at radius 3 is 2.85 bits per heavy atom. The summed E-state index contributed by atoms with van der Waals surface area (Å²) < 4.78 is 4.59. The molecule has 8 heteroatoms. The number of benzene rings is 1. The number of ether oxygens (including phenoxy) is 1. The van der Waals surface area contributed by atoms with E-state index < -0.39 is 5.97 Å². The lowest BCUT2D eigenvalue weighted by Crippen LogP contribution is -2.14. The lowest BCUT2D eigenvalue weighted by atomic mass is 10.1. The van der Waals surface area contributed by atoms with E-state index in [1.165, 1.54) is 13.2 Å². The summed E-state index contributed by atoms with van der Waals surface area (Å²) in [4.78, 5) is 45.7. The zero-order valence-corrected chi connectivity index (χ0v) is 15.8. The highest BCUT2D eigenvalue weighted by Gasteiger charge is 2.15. The van der Waals surface area contributed by atoms with Gasteiger partial charge in [0.25, 0.3) is 5.56 Å². The van der Waals surface area contributed by atoms with Crippen molar-refractivity contribution in [3.05, 3.63) is 57.6 Å². The van der Waals surface area contributed by atoms with Crippen molar-refractivity contribution >= 4 is 34.4 Å². The molecule has 0 spiro atoms. The van der Waals surface area contributed by atoms with Crippen molar-refractivity contribution in [2.45, 2.75) is 24.9 Å². The molecule has 140 valence electrons. The van der Waals surface area contributed by atoms with Crippen LogP contribution in [-0.4, -0.2) is 39.6 Å². The van der Waals surface area contributed by atoms with Gasteiger partial charge >= 0.3 is 5.97 Å². The second-order valence-electron chi connectivity index (χ2n) is 5.90. The molecular weight excluding hydrogens is 366 g/mol. The third-order valence-electron chi connectivity index (χ3n) is 4.15. The number of thioether (sulfide) groups is 1. The van der Waals surface area contributed by atoms with Crippen molar-refractivity contribution in [2.24, 2.45) is 0 Å². The number of carbonyl (C=O) groups excluding carboxylic acids is 2. The molecule has 0 amide bonds. The standard InChI is InChI=1S/C19H19N3O4S/c1-3-11-5-4-6-13-14(9-20-18(11)13)15(23)10-27-19-21-12(7-16(24)22-19)8-17(25)26-2/h4-7,9,20H,3,8,10H2,1-2H3,(H,21,22,24). The van der Waals surface area contributed by atoms with Gasteiger partial charge in [-0.1, -0.05) is 36.9 Å². The number of aromatic amines is 2. The Morgan fingerprint density at radius 2 is 2.11 bits per heavy atom. The number of nitrogens with zero attached hydrogens (tertiary/aromatic N) is 1. The minimum absolute atomic E-state index is 0.0690. The third-order valence-corrected chi connectivity index (χ3v) is 5.02. The number of aromatic nitrogens is 3. The predicted molar refractivity (Wildman–Crippen MR) is 103 cm³/mol. The highest BCUT2D eigenvalue weighted by atomic mass is 32.2. The topological polar surface area (TPSA) is 105 Å². The quantitative estimate of drug-likeness (QED) is 0.280. The second-order valence-corrected chi connectivity index (χ2v) is 6.87. The van der Waals surface area contributed by atoms with Gasteiger partial charge in [0.1, 0.15) is 0 Å². The summed E-state index contributed by atoms with van der Waals surface area (Å²) in [5.74, 6) is -0.431. The first kappa shape index (κ1) is 18.9. The zero-order chi connectivity index (χ0) is 19.4. The normalized spacial score (nSPS) is 10.9. The molecule has 1 aromatic carbocycles. The molecule has 0 saturated heterocycles. The molecule has 0 aliphatic carbocycles. The average molecular weight is 385 g/mol. The number of aryl methyl sites for hydroxylation is 1. The number of rotatable bonds is 7. The van der Waals surface area contributed by atoms with Crippen molar-refractivity contribution in [1.29, 1.82) is 0 Å². The van der Waals surface area contributed by atoms with Crippen LogP contribution in [-0.2, 0) is 22.4 Å². The molecule has 0 aliphatic rings. The Bertz CT molecular complexity index is 1050. The number of fused-ring (bicyclic) bond motifs is 1. The number of Topliss-reactive ketones (excluding diaryl/α,β-unsaturated/α-hetero) is 1. The van der Waals surface area contributed by atoms with Crippen molar-refractivity contribution in [1.82, 2.24) is 15.0 Å². The summed E-state index contributed by atoms with van der Waals surface area (Å²) in [5.41, 5.74) is 2.67. The van der Waals surface area contributed by atoms with Crippen LogP contribution in [0.25, 0.3) is 10.9 Å². The molecule has 3 rings (SSSR count). The minimum Gasteiger partial charge on any atom is -0.469 e. The molecule has 27 heavy (non-hydrogen) atoms. The van der Waals surface area contributed by atoms with Crippen LogP contribution in [0.3, 0.4) is 0 Å². The number of H-pyrrole nitrogens is 2. The molecule has 0 bridgehead atoms. The molecular formula is C19H19N3O4S. The van der Waals surface area contributed by atoms with E-state index in [9.17, 15) is 14.4 Å². The van der Waals surface area contributed by atoms with E-state index in [1.54, 1.807) is 6.20 Å². The number of carbonyl (C=O) groups is 2. The van der Waals surface area contributed by atoms with Gasteiger partial charge in [-0.2, -0.15) is 0 Å². The van der Waals surface area contributed by atoms with Crippen LogP contribution < -0.4 is 5.56 Å². The molecule has 0 aliphatic heterocycles. The van der Waals surface area contributed by atoms with Crippen LogP contribution in [0.5, 0.6) is 0 Å². The molecule has 0 saturated carbocycles. The summed E-state index contributed by atoms with van der Waals surface area (Å²) in [6, 6.07) is 7.13. The van der Waals surface area contributed by atoms with E-state index in [1.807, 2.05) is 18.2 Å². The van der Waals surface area contributed by atoms with Gasteiger partial charge in [-0.25, -0.2) is 4.98 Å². The number of para-hydroxylation sites is 1. The summed E-state index contributed by atoms with van der Waals surface area (Å²) >= 11 is 1.13. The molecule has 0 radical (unpaired) electrons. The third kappa shape index (κ3) is 4.28. The fourth-order valence-electron chi connectivity index (χ4n) is 2.82. The predicted octanol–water partition coefficient (Wildman–Crippen LogP) is 2.50. The highest BCUT2D eigenvalue weighted by molar-refractivity contribution is 7.99. The van der Waals surface area contributed by atoms with Gasteiger partial charge < -0.3 is 14.7 Å². The Hall–Kier alpha value is -2.87. The van der Waals surface area contributed by atoms with Crippen LogP contribution in [0.15, 0.2) is 40.4 Å². The number of hydrogen-bond donors (Lipinski definition) is 2. The van der Waals surface area contributed by atoms with E-state index in [2.05, 4.69) is 26.6 Å². The maximum absolute atomic E-state index is 12.7. The maximum Gasteiger partial charge on any atom is 0.311 e. The first-order valence-corrected chi connectivity index (χ1v) is 9.42. The number of hydrogen-bond acceptors (Lipinski definition) is 6. The fourth-order valence-corrected chi connectivity index (χ4v) is 3.59. The van der Waals surface area contributed by atoms with Gasteiger partial charge in [0, 0.05) is 28.7 Å². The van der Waals surface area contributed by atoms with Crippen molar-refractivity contribution in [3.63, 3.8) is 0 Å². The zero-order valence-electron chi connectivity index (χ0n) is 15.0. The van der Waals surface area contributed by atoms with Crippen LogP contribution in [0.1, 0.15) is 28.5 Å². The largest absolute Gasteiger partial charge is 0.469 e. The number of nitrogens with one attached hydrogen (secondary N) is 2. The monoisotopic (exact) mass is 385 g/mol. The van der Waals surface area contributed by atoms with Crippen molar-refractivity contribution < 1.29 is 14.3 Å². The van der Waals surface area contributed by atoms with E-state index in [0.29, 0.717) is 16.4 Å². The molecule has 0 fully saturated rings. The van der Waals surface area contributed by atoms with Crippen LogP contribution in [0.4, 0.5) is 0 Å². The number of ketones is 1. The summed E-state index contributed by atoms with van der Waals surface area (Å²) in [7, 11) is 1.27. The van der Waals surface area contributed by atoms with E-state index >= 15 is 0 Å². The van der Waals surface area contributed by atoms with Crippen LogP contribution >= 0.6 is 11.8 Å². The molecule has 7 nitrogen and oxygen atoms in total. The fraction of sp³-hybridized carbons (Fsp3) is 0.263. The van der Waals surface area contributed by atoms with Gasteiger partial charge in [0.2, 0.25) is 0 Å². The van der Waals surface area contributed by atoms with Crippen LogP contribution in [0, 0.1) is 0 Å². The van der Waals surface area contributed by atoms with Gasteiger partial charge in [0.05, 0.1) is 25.0 Å². The lowest BCUT2D eigenvalue weighted by molar-refractivity contribution is -0.139. The maximum atomic E-state index is 12.7. The highest BCUT2D eigenvalue weighted by Crippen LogP contribution is 2.24. The molecule has 2 N–H and O–H groups in total. The van der Waals surface area contributed by atoms with E-state index in [0.717, 1.165) is 34.6 Å².